The minimum atomic E-state index is -1.41. The molecule has 0 amide bonds. The van der Waals surface area contributed by atoms with E-state index in [1.54, 1.807) is 24.3 Å². The van der Waals surface area contributed by atoms with Gasteiger partial charge in [-0.15, -0.1) is 0 Å². The van der Waals surface area contributed by atoms with Crippen LogP contribution in [0.1, 0.15) is 41.4 Å². The molecule has 0 aliphatic heterocycles. The molecule has 5 aromatic rings. The van der Waals surface area contributed by atoms with Gasteiger partial charge >= 0.3 is 23.9 Å². The van der Waals surface area contributed by atoms with Gasteiger partial charge in [-0.1, -0.05) is 36.4 Å². The predicted octanol–water partition coefficient (Wildman–Crippen LogP) is 4.53. The van der Waals surface area contributed by atoms with E-state index < -0.39 is 35.0 Å². The van der Waals surface area contributed by atoms with Gasteiger partial charge in [-0.25, -0.2) is 19.2 Å². The Balaban J connectivity index is 2.19. The van der Waals surface area contributed by atoms with Crippen LogP contribution in [0.4, 0.5) is 0 Å². The Kier molecular flexibility index (Phi) is 3.84. The van der Waals surface area contributed by atoms with Gasteiger partial charge in [0.05, 0.1) is 22.3 Å². The fourth-order valence-electron chi connectivity index (χ4n) is 4.64. The van der Waals surface area contributed by atoms with Crippen molar-refractivity contribution in [2.75, 3.05) is 0 Å². The minimum absolute atomic E-state index is 0.201. The van der Waals surface area contributed by atoms with E-state index in [-0.39, 0.29) is 21.9 Å². The lowest BCUT2D eigenvalue weighted by Gasteiger charge is -2.18. The van der Waals surface area contributed by atoms with Gasteiger partial charge in [0.1, 0.15) is 0 Å². The van der Waals surface area contributed by atoms with Crippen molar-refractivity contribution in [2.45, 2.75) is 0 Å². The van der Waals surface area contributed by atoms with Crippen molar-refractivity contribution in [1.82, 2.24) is 0 Å². The topological polar surface area (TPSA) is 149 Å². The van der Waals surface area contributed by atoms with Gasteiger partial charge in [-0.2, -0.15) is 0 Å². The number of fused-ring (bicyclic) bond motifs is 2. The first-order chi connectivity index (χ1) is 15.2. The van der Waals surface area contributed by atoms with Crippen molar-refractivity contribution in [1.29, 1.82) is 0 Å². The number of aromatic carboxylic acids is 4. The van der Waals surface area contributed by atoms with Gasteiger partial charge in [0.2, 0.25) is 0 Å². The van der Waals surface area contributed by atoms with Crippen LogP contribution in [0, 0.1) is 0 Å². The van der Waals surface area contributed by atoms with Crippen molar-refractivity contribution in [3.8, 4) is 0 Å². The zero-order chi connectivity index (χ0) is 22.9. The quantitative estimate of drug-likeness (QED) is 0.241. The number of carbonyl (C=O) groups is 4. The summed E-state index contributed by atoms with van der Waals surface area (Å²) in [6.45, 7) is 0. The zero-order valence-corrected chi connectivity index (χ0v) is 16.0. The predicted molar refractivity (Wildman–Crippen MR) is 115 cm³/mol. The van der Waals surface area contributed by atoms with E-state index in [1.165, 1.54) is 24.3 Å². The summed E-state index contributed by atoms with van der Waals surface area (Å²) in [5.74, 6) is -5.61. The molecule has 0 heterocycles. The highest BCUT2D eigenvalue weighted by atomic mass is 16.4. The highest BCUT2D eigenvalue weighted by Gasteiger charge is 2.27. The van der Waals surface area contributed by atoms with Crippen LogP contribution >= 0.6 is 0 Å². The summed E-state index contributed by atoms with van der Waals surface area (Å²) in [4.78, 5) is 47.7. The first-order valence-electron chi connectivity index (χ1n) is 9.35. The van der Waals surface area contributed by atoms with E-state index in [1.807, 2.05) is 0 Å². The third-order valence-corrected chi connectivity index (χ3v) is 5.79. The van der Waals surface area contributed by atoms with Crippen LogP contribution in [0.15, 0.2) is 48.5 Å². The summed E-state index contributed by atoms with van der Waals surface area (Å²) >= 11 is 0. The van der Waals surface area contributed by atoms with Gasteiger partial charge in [0.15, 0.2) is 0 Å². The average Bonchev–Trinajstić information content (AvgIpc) is 2.75. The van der Waals surface area contributed by atoms with E-state index in [2.05, 4.69) is 0 Å². The molecule has 5 rings (SSSR count). The first kappa shape index (κ1) is 19.3. The maximum atomic E-state index is 12.0. The number of benzene rings is 5. The molecule has 0 bridgehead atoms. The number of hydrogen-bond donors (Lipinski definition) is 4. The van der Waals surface area contributed by atoms with E-state index in [0.717, 1.165) is 0 Å². The third kappa shape index (κ3) is 2.37. The Morgan fingerprint density at radius 2 is 0.812 bits per heavy atom. The van der Waals surface area contributed by atoms with Gasteiger partial charge in [-0.3, -0.25) is 0 Å². The summed E-state index contributed by atoms with van der Waals surface area (Å²) in [6.07, 6.45) is 0. The van der Waals surface area contributed by atoms with Crippen LogP contribution in [0.5, 0.6) is 0 Å². The molecular weight excluding hydrogens is 416 g/mol. The Morgan fingerprint density at radius 1 is 0.469 bits per heavy atom. The van der Waals surface area contributed by atoms with Crippen LogP contribution in [0.3, 0.4) is 0 Å². The fourth-order valence-corrected chi connectivity index (χ4v) is 4.64. The molecule has 0 spiro atoms. The molecule has 8 nitrogen and oxygen atoms in total. The molecule has 0 atom stereocenters. The molecule has 0 aliphatic rings. The number of hydrogen-bond acceptors (Lipinski definition) is 4. The molecule has 0 saturated heterocycles. The lowest BCUT2D eigenvalue weighted by molar-refractivity contribution is 0.0653. The minimum Gasteiger partial charge on any atom is -0.478 e. The number of carboxylic acid groups (broad SMARTS) is 4. The largest absolute Gasteiger partial charge is 0.478 e. The monoisotopic (exact) mass is 428 g/mol. The molecule has 156 valence electrons. The molecule has 8 heteroatoms. The average molecular weight is 428 g/mol. The van der Waals surface area contributed by atoms with E-state index in [4.69, 9.17) is 0 Å². The van der Waals surface area contributed by atoms with Crippen LogP contribution in [0.2, 0.25) is 0 Å². The molecule has 32 heavy (non-hydrogen) atoms. The van der Waals surface area contributed by atoms with Crippen LogP contribution in [0.25, 0.3) is 43.1 Å². The van der Waals surface area contributed by atoms with Crippen LogP contribution < -0.4 is 0 Å². The van der Waals surface area contributed by atoms with E-state index in [0.29, 0.717) is 32.3 Å². The van der Waals surface area contributed by atoms with E-state index >= 15 is 0 Å². The Labute approximate surface area is 177 Å². The molecule has 5 aromatic carbocycles. The second kappa shape index (κ2) is 6.39. The van der Waals surface area contributed by atoms with Crippen LogP contribution in [-0.4, -0.2) is 44.3 Å². The first-order valence-corrected chi connectivity index (χ1v) is 9.35. The Bertz CT molecular complexity index is 1550. The Morgan fingerprint density at radius 3 is 1.12 bits per heavy atom. The van der Waals surface area contributed by atoms with Crippen molar-refractivity contribution in [3.05, 3.63) is 70.8 Å². The van der Waals surface area contributed by atoms with Crippen molar-refractivity contribution < 1.29 is 39.6 Å². The molecule has 0 aromatic heterocycles. The lowest BCUT2D eigenvalue weighted by atomic mass is 9.84. The molecule has 0 fully saturated rings. The summed E-state index contributed by atoms with van der Waals surface area (Å²) in [6, 6.07) is 12.0. The molecular formula is C24H12O8. The highest BCUT2D eigenvalue weighted by molar-refractivity contribution is 6.37. The number of rotatable bonds is 4. The third-order valence-electron chi connectivity index (χ3n) is 5.79. The lowest BCUT2D eigenvalue weighted by Crippen LogP contribution is -2.10. The summed E-state index contributed by atoms with van der Waals surface area (Å²) in [7, 11) is 0. The zero-order valence-electron chi connectivity index (χ0n) is 16.0. The van der Waals surface area contributed by atoms with Gasteiger partial charge in [-0.05, 0) is 55.2 Å². The standard InChI is InChI=1S/C24H12O8/c25-21(26)15-8-14-10-4-2-6-12-18(10)13(7-16(22(27)28)20(12)24(31)32)9-3-1-5-11(17(9)14)19(15)23(29)30/h1-8H,(H,25,26)(H,27,28)(H,29,30)(H,31,32). The summed E-state index contributed by atoms with van der Waals surface area (Å²) in [5, 5.41) is 42.1. The SMILES string of the molecule is O=C(O)c1cc2c3cccc4c(C(=O)O)c(C(=O)O)cc(c5cccc(c1C(=O)O)c52)c43. The molecule has 4 N–H and O–H groups in total. The van der Waals surface area contributed by atoms with Gasteiger partial charge in [0.25, 0.3) is 0 Å². The molecule has 0 saturated carbocycles. The molecule has 0 aliphatic carbocycles. The number of carboxylic acids is 4. The van der Waals surface area contributed by atoms with Crippen molar-refractivity contribution in [2.24, 2.45) is 0 Å². The van der Waals surface area contributed by atoms with Crippen molar-refractivity contribution in [3.63, 3.8) is 0 Å². The second-order valence-electron chi connectivity index (χ2n) is 7.37. The van der Waals surface area contributed by atoms with Crippen molar-refractivity contribution >= 4 is 67.0 Å². The fraction of sp³-hybridized carbons (Fsp3) is 0. The smallest absolute Gasteiger partial charge is 0.337 e. The highest BCUT2D eigenvalue weighted by Crippen LogP contribution is 2.43. The Hall–Kier alpha value is -4.72. The van der Waals surface area contributed by atoms with Gasteiger partial charge in [0, 0.05) is 0 Å². The summed E-state index contributed by atoms with van der Waals surface area (Å²) < 4.78 is 0. The second-order valence-corrected chi connectivity index (χ2v) is 7.37. The van der Waals surface area contributed by atoms with E-state index in [9.17, 15) is 39.6 Å². The maximum absolute atomic E-state index is 12.0. The van der Waals surface area contributed by atoms with Crippen LogP contribution in [-0.2, 0) is 0 Å². The molecule has 0 radical (unpaired) electrons. The summed E-state index contributed by atoms with van der Waals surface area (Å²) in [5.41, 5.74) is -1.51. The molecule has 0 unspecified atom stereocenters. The normalized spacial score (nSPS) is 11.5. The maximum Gasteiger partial charge on any atom is 0.337 e. The van der Waals surface area contributed by atoms with Gasteiger partial charge < -0.3 is 20.4 Å².